The molecule has 0 bridgehead atoms. The quantitative estimate of drug-likeness (QED) is 0.760. The summed E-state index contributed by atoms with van der Waals surface area (Å²) in [6, 6.07) is 3.72. The van der Waals surface area contributed by atoms with Gasteiger partial charge in [-0.25, -0.2) is 0 Å². The highest BCUT2D eigenvalue weighted by Crippen LogP contribution is 2.32. The summed E-state index contributed by atoms with van der Waals surface area (Å²) >= 11 is 0. The normalized spacial score (nSPS) is 17.8. The van der Waals surface area contributed by atoms with Gasteiger partial charge in [-0.3, -0.25) is 9.59 Å². The predicted molar refractivity (Wildman–Crippen MR) is 70.7 cm³/mol. The van der Waals surface area contributed by atoms with Crippen molar-refractivity contribution >= 4 is 11.9 Å². The SMILES string of the molecule is CC1(C(=O)O)CCN(C(=O)c2cc(O)cc(O)c2)CC1. The number of carbonyl (C=O) groups excluding carboxylic acids is 1. The number of amides is 1. The average Bonchev–Trinajstić information content (AvgIpc) is 2.37. The molecule has 1 fully saturated rings. The number of phenols is 2. The lowest BCUT2D eigenvalue weighted by atomic mass is 9.80. The molecule has 20 heavy (non-hydrogen) atoms. The Labute approximate surface area is 116 Å². The first kappa shape index (κ1) is 14.2. The number of piperidine rings is 1. The molecule has 0 atom stereocenters. The Kier molecular flexibility index (Phi) is 3.57. The van der Waals surface area contributed by atoms with Gasteiger partial charge in [-0.1, -0.05) is 0 Å². The fraction of sp³-hybridized carbons (Fsp3) is 0.429. The fourth-order valence-electron chi connectivity index (χ4n) is 2.32. The maximum absolute atomic E-state index is 12.2. The Hall–Kier alpha value is -2.24. The molecular formula is C14H17NO5. The highest BCUT2D eigenvalue weighted by Gasteiger charge is 2.38. The van der Waals surface area contributed by atoms with Crippen molar-refractivity contribution in [2.45, 2.75) is 19.8 Å². The molecule has 0 aliphatic carbocycles. The molecule has 0 unspecified atom stereocenters. The number of hydrogen-bond donors (Lipinski definition) is 3. The Morgan fingerprint density at radius 3 is 2.05 bits per heavy atom. The summed E-state index contributed by atoms with van der Waals surface area (Å²) in [7, 11) is 0. The molecular weight excluding hydrogens is 262 g/mol. The molecule has 1 amide bonds. The molecule has 0 spiro atoms. The van der Waals surface area contributed by atoms with Gasteiger partial charge in [0.1, 0.15) is 11.5 Å². The maximum atomic E-state index is 12.2. The second-order valence-electron chi connectivity index (χ2n) is 5.40. The molecule has 6 heteroatoms. The van der Waals surface area contributed by atoms with E-state index in [1.54, 1.807) is 11.8 Å². The molecule has 0 aromatic heterocycles. The number of benzene rings is 1. The van der Waals surface area contributed by atoms with Crippen LogP contribution in [0.3, 0.4) is 0 Å². The molecule has 1 aromatic carbocycles. The van der Waals surface area contributed by atoms with E-state index in [2.05, 4.69) is 0 Å². The molecule has 2 rings (SSSR count). The lowest BCUT2D eigenvalue weighted by molar-refractivity contribution is -0.150. The number of phenolic OH excluding ortho intramolecular Hbond substituents is 2. The van der Waals surface area contributed by atoms with Gasteiger partial charge >= 0.3 is 5.97 Å². The van der Waals surface area contributed by atoms with Gasteiger partial charge in [-0.2, -0.15) is 0 Å². The third-order valence-corrected chi connectivity index (χ3v) is 3.82. The first-order chi connectivity index (χ1) is 9.32. The minimum absolute atomic E-state index is 0.180. The number of aromatic hydroxyl groups is 2. The molecule has 0 saturated carbocycles. The van der Waals surface area contributed by atoms with Gasteiger partial charge in [0, 0.05) is 24.7 Å². The zero-order chi connectivity index (χ0) is 14.9. The number of rotatable bonds is 2. The minimum Gasteiger partial charge on any atom is -0.508 e. The molecule has 108 valence electrons. The van der Waals surface area contributed by atoms with Crippen molar-refractivity contribution in [2.75, 3.05) is 13.1 Å². The van der Waals surface area contributed by atoms with Gasteiger partial charge in [-0.05, 0) is 31.9 Å². The zero-order valence-corrected chi connectivity index (χ0v) is 11.2. The van der Waals surface area contributed by atoms with Crippen molar-refractivity contribution in [3.63, 3.8) is 0 Å². The fourth-order valence-corrected chi connectivity index (χ4v) is 2.32. The predicted octanol–water partition coefficient (Wildman–Crippen LogP) is 1.42. The van der Waals surface area contributed by atoms with Crippen molar-refractivity contribution in [3.8, 4) is 11.5 Å². The summed E-state index contributed by atoms with van der Waals surface area (Å²) in [6.07, 6.45) is 0.776. The summed E-state index contributed by atoms with van der Waals surface area (Å²) in [4.78, 5) is 24.9. The van der Waals surface area contributed by atoms with Crippen LogP contribution in [-0.2, 0) is 4.79 Å². The molecule has 1 saturated heterocycles. The van der Waals surface area contributed by atoms with E-state index < -0.39 is 11.4 Å². The Balaban J connectivity index is 2.10. The number of carboxylic acids is 1. The van der Waals surface area contributed by atoms with Crippen LogP contribution in [0.1, 0.15) is 30.1 Å². The van der Waals surface area contributed by atoms with Gasteiger partial charge in [0.2, 0.25) is 0 Å². The van der Waals surface area contributed by atoms with Crippen LogP contribution in [0, 0.1) is 5.41 Å². The lowest BCUT2D eigenvalue weighted by Gasteiger charge is -2.36. The van der Waals surface area contributed by atoms with Crippen LogP contribution >= 0.6 is 0 Å². The number of aliphatic carboxylic acids is 1. The summed E-state index contributed by atoms with van der Waals surface area (Å²) in [5.41, 5.74) is -0.598. The van der Waals surface area contributed by atoms with Gasteiger partial charge in [0.15, 0.2) is 0 Å². The number of carboxylic acid groups (broad SMARTS) is 1. The highest BCUT2D eigenvalue weighted by molar-refractivity contribution is 5.95. The second-order valence-corrected chi connectivity index (χ2v) is 5.40. The summed E-state index contributed by atoms with van der Waals surface area (Å²) in [5, 5.41) is 27.9. The van der Waals surface area contributed by atoms with E-state index in [9.17, 15) is 19.8 Å². The summed E-state index contributed by atoms with van der Waals surface area (Å²) in [6.45, 7) is 2.37. The van der Waals surface area contributed by atoms with Crippen molar-refractivity contribution in [1.82, 2.24) is 4.90 Å². The van der Waals surface area contributed by atoms with Crippen molar-refractivity contribution in [2.24, 2.45) is 5.41 Å². The van der Waals surface area contributed by atoms with Crippen LogP contribution in [0.5, 0.6) is 11.5 Å². The van der Waals surface area contributed by atoms with E-state index in [4.69, 9.17) is 5.11 Å². The summed E-state index contributed by atoms with van der Waals surface area (Å²) in [5.74, 6) is -1.52. The van der Waals surface area contributed by atoms with Crippen LogP contribution in [0.15, 0.2) is 18.2 Å². The number of carbonyl (C=O) groups is 2. The third-order valence-electron chi connectivity index (χ3n) is 3.82. The number of likely N-dealkylation sites (tertiary alicyclic amines) is 1. The largest absolute Gasteiger partial charge is 0.508 e. The Bertz CT molecular complexity index is 526. The first-order valence-corrected chi connectivity index (χ1v) is 6.37. The molecule has 1 aromatic rings. The molecule has 1 aliphatic heterocycles. The van der Waals surface area contributed by atoms with E-state index in [-0.39, 0.29) is 23.0 Å². The van der Waals surface area contributed by atoms with Crippen molar-refractivity contribution in [1.29, 1.82) is 0 Å². The molecule has 0 radical (unpaired) electrons. The van der Waals surface area contributed by atoms with E-state index in [1.807, 2.05) is 0 Å². The first-order valence-electron chi connectivity index (χ1n) is 6.37. The topological polar surface area (TPSA) is 98.1 Å². The van der Waals surface area contributed by atoms with E-state index in [1.165, 1.54) is 12.1 Å². The molecule has 1 heterocycles. The van der Waals surface area contributed by atoms with Crippen LogP contribution in [-0.4, -0.2) is 45.2 Å². The Morgan fingerprint density at radius 2 is 1.60 bits per heavy atom. The smallest absolute Gasteiger partial charge is 0.309 e. The van der Waals surface area contributed by atoms with E-state index in [0.717, 1.165) is 6.07 Å². The van der Waals surface area contributed by atoms with Crippen LogP contribution in [0.4, 0.5) is 0 Å². The average molecular weight is 279 g/mol. The van der Waals surface area contributed by atoms with E-state index >= 15 is 0 Å². The zero-order valence-electron chi connectivity index (χ0n) is 11.2. The standard InChI is InChI=1S/C14H17NO5/c1-14(13(19)20)2-4-15(5-3-14)12(18)9-6-10(16)8-11(17)7-9/h6-8,16-17H,2-5H2,1H3,(H,19,20). The van der Waals surface area contributed by atoms with Crippen molar-refractivity contribution < 1.29 is 24.9 Å². The number of nitrogens with zero attached hydrogens (tertiary/aromatic N) is 1. The van der Waals surface area contributed by atoms with Crippen molar-refractivity contribution in [3.05, 3.63) is 23.8 Å². The van der Waals surface area contributed by atoms with Crippen LogP contribution in [0.25, 0.3) is 0 Å². The molecule has 3 N–H and O–H groups in total. The van der Waals surface area contributed by atoms with Gasteiger partial charge in [0.25, 0.3) is 5.91 Å². The summed E-state index contributed by atoms with van der Waals surface area (Å²) < 4.78 is 0. The molecule has 6 nitrogen and oxygen atoms in total. The number of hydrogen-bond acceptors (Lipinski definition) is 4. The van der Waals surface area contributed by atoms with Gasteiger partial charge in [0.05, 0.1) is 5.41 Å². The highest BCUT2D eigenvalue weighted by atomic mass is 16.4. The van der Waals surface area contributed by atoms with Crippen LogP contribution in [0.2, 0.25) is 0 Å². The van der Waals surface area contributed by atoms with E-state index in [0.29, 0.717) is 25.9 Å². The van der Waals surface area contributed by atoms with Crippen LogP contribution < -0.4 is 0 Å². The Morgan fingerprint density at radius 1 is 1.10 bits per heavy atom. The minimum atomic E-state index is -0.848. The molecule has 1 aliphatic rings. The lowest BCUT2D eigenvalue weighted by Crippen LogP contribution is -2.45. The monoisotopic (exact) mass is 279 g/mol. The van der Waals surface area contributed by atoms with Gasteiger partial charge < -0.3 is 20.2 Å². The second kappa shape index (κ2) is 5.03. The maximum Gasteiger partial charge on any atom is 0.309 e. The third kappa shape index (κ3) is 2.68. The van der Waals surface area contributed by atoms with Gasteiger partial charge in [-0.15, -0.1) is 0 Å².